The Morgan fingerprint density at radius 1 is 1.13 bits per heavy atom. The minimum Gasteiger partial charge on any atom is -0.379 e. The van der Waals surface area contributed by atoms with Crippen molar-refractivity contribution < 1.29 is 22.7 Å². The fourth-order valence-corrected chi connectivity index (χ4v) is 4.43. The van der Waals surface area contributed by atoms with Gasteiger partial charge in [0.15, 0.2) is 10.9 Å². The van der Waals surface area contributed by atoms with E-state index in [4.69, 9.17) is 4.74 Å². The number of carbonyl (C=O) groups excluding carboxylic acids is 1. The van der Waals surface area contributed by atoms with Crippen LogP contribution < -0.4 is 4.90 Å². The summed E-state index contributed by atoms with van der Waals surface area (Å²) in [7, 11) is 0. The van der Waals surface area contributed by atoms with E-state index in [1.54, 1.807) is 0 Å². The number of fused-ring (bicyclic) bond motifs is 1. The first kappa shape index (κ1) is 20.8. The molecule has 2 aromatic carbocycles. The Morgan fingerprint density at radius 2 is 1.93 bits per heavy atom. The number of hydrogen-bond acceptors (Lipinski definition) is 5. The second-order valence-corrected chi connectivity index (χ2v) is 8.01. The molecule has 1 amide bonds. The number of nitrogens with zero attached hydrogens (tertiary/aromatic N) is 3. The number of halogens is 3. The highest BCUT2D eigenvalue weighted by molar-refractivity contribution is 7.22. The Bertz CT molecular complexity index is 1050. The average molecular weight is 435 g/mol. The number of benzene rings is 2. The van der Waals surface area contributed by atoms with Gasteiger partial charge >= 0.3 is 0 Å². The summed E-state index contributed by atoms with van der Waals surface area (Å²) in [6.45, 7) is 4.07. The van der Waals surface area contributed by atoms with Crippen molar-refractivity contribution in [3.63, 3.8) is 0 Å². The first-order valence-corrected chi connectivity index (χ1v) is 10.5. The summed E-state index contributed by atoms with van der Waals surface area (Å²) in [5, 5.41) is 0.255. The van der Waals surface area contributed by atoms with Gasteiger partial charge in [-0.15, -0.1) is 0 Å². The van der Waals surface area contributed by atoms with Crippen molar-refractivity contribution in [2.24, 2.45) is 0 Å². The van der Waals surface area contributed by atoms with E-state index in [0.29, 0.717) is 30.9 Å². The van der Waals surface area contributed by atoms with Crippen LogP contribution in [0.4, 0.5) is 18.3 Å². The smallest absolute Gasteiger partial charge is 0.260 e. The van der Waals surface area contributed by atoms with E-state index in [9.17, 15) is 18.0 Å². The Labute approximate surface area is 175 Å². The van der Waals surface area contributed by atoms with Crippen LogP contribution in [0.1, 0.15) is 16.8 Å². The van der Waals surface area contributed by atoms with Crippen LogP contribution in [-0.2, 0) is 4.74 Å². The molecule has 30 heavy (non-hydrogen) atoms. The molecule has 1 saturated heterocycles. The van der Waals surface area contributed by atoms with Gasteiger partial charge in [-0.2, -0.15) is 0 Å². The number of ether oxygens (including phenoxy) is 1. The fraction of sp³-hybridized carbons (Fsp3) is 0.333. The lowest BCUT2D eigenvalue weighted by molar-refractivity contribution is 0.0376. The molecule has 5 nitrogen and oxygen atoms in total. The molecule has 158 valence electrons. The zero-order valence-corrected chi connectivity index (χ0v) is 16.9. The molecule has 0 spiro atoms. The van der Waals surface area contributed by atoms with Crippen molar-refractivity contribution in [3.05, 3.63) is 59.4 Å². The molecule has 1 aromatic heterocycles. The minimum absolute atomic E-state index is 0.0154. The van der Waals surface area contributed by atoms with Crippen molar-refractivity contribution >= 4 is 32.6 Å². The number of morpholine rings is 1. The maximum atomic E-state index is 14.1. The number of amides is 1. The molecular weight excluding hydrogens is 415 g/mol. The Kier molecular flexibility index (Phi) is 6.31. The topological polar surface area (TPSA) is 45.7 Å². The predicted octanol–water partition coefficient (Wildman–Crippen LogP) is 4.08. The van der Waals surface area contributed by atoms with Crippen molar-refractivity contribution in [2.75, 3.05) is 44.3 Å². The van der Waals surface area contributed by atoms with Gasteiger partial charge in [-0.25, -0.2) is 18.2 Å². The summed E-state index contributed by atoms with van der Waals surface area (Å²) < 4.78 is 47.0. The van der Waals surface area contributed by atoms with Crippen LogP contribution in [0, 0.1) is 17.5 Å². The van der Waals surface area contributed by atoms with E-state index in [0.717, 1.165) is 43.1 Å². The largest absolute Gasteiger partial charge is 0.379 e. The number of aromatic nitrogens is 1. The molecule has 0 bridgehead atoms. The predicted molar refractivity (Wildman–Crippen MR) is 109 cm³/mol. The molecule has 0 atom stereocenters. The molecule has 0 N–H and O–H groups in total. The lowest BCUT2D eigenvalue weighted by Crippen LogP contribution is -2.39. The van der Waals surface area contributed by atoms with Gasteiger partial charge < -0.3 is 4.74 Å². The standard InChI is InChI=1S/C21H20F3N3O2S/c22-15-4-1-3-14(11-15)20(28)27(6-2-5-26-7-9-29-10-8-26)21-25-19-17(24)12-16(23)13-18(19)30-21/h1,3-4,11-13H,2,5-10H2. The third-order valence-corrected chi connectivity index (χ3v) is 5.93. The van der Waals surface area contributed by atoms with E-state index in [-0.39, 0.29) is 16.2 Å². The van der Waals surface area contributed by atoms with Crippen LogP contribution in [0.25, 0.3) is 10.2 Å². The molecule has 4 rings (SSSR count). The highest BCUT2D eigenvalue weighted by Gasteiger charge is 2.23. The van der Waals surface area contributed by atoms with Crippen molar-refractivity contribution in [2.45, 2.75) is 6.42 Å². The van der Waals surface area contributed by atoms with E-state index < -0.39 is 23.4 Å². The summed E-state index contributed by atoms with van der Waals surface area (Å²) in [6.07, 6.45) is 0.647. The van der Waals surface area contributed by atoms with E-state index in [2.05, 4.69) is 9.88 Å². The van der Waals surface area contributed by atoms with Crippen molar-refractivity contribution in [1.29, 1.82) is 0 Å². The van der Waals surface area contributed by atoms with Crippen molar-refractivity contribution in [3.8, 4) is 0 Å². The molecule has 0 aliphatic carbocycles. The molecule has 0 saturated carbocycles. The third-order valence-electron chi connectivity index (χ3n) is 4.91. The highest BCUT2D eigenvalue weighted by atomic mass is 32.1. The van der Waals surface area contributed by atoms with Crippen LogP contribution in [0.15, 0.2) is 36.4 Å². The van der Waals surface area contributed by atoms with Gasteiger partial charge in [0.1, 0.15) is 17.2 Å². The van der Waals surface area contributed by atoms with E-state index in [1.165, 1.54) is 29.2 Å². The molecule has 2 heterocycles. The van der Waals surface area contributed by atoms with Crippen LogP contribution in [0.3, 0.4) is 0 Å². The maximum Gasteiger partial charge on any atom is 0.260 e. The van der Waals surface area contributed by atoms with Crippen LogP contribution in [0.2, 0.25) is 0 Å². The fourth-order valence-electron chi connectivity index (χ4n) is 3.40. The summed E-state index contributed by atoms with van der Waals surface area (Å²) in [6, 6.07) is 7.36. The second-order valence-electron chi connectivity index (χ2n) is 7.01. The zero-order valence-electron chi connectivity index (χ0n) is 16.1. The van der Waals surface area contributed by atoms with Crippen LogP contribution in [0.5, 0.6) is 0 Å². The number of hydrogen-bond donors (Lipinski definition) is 0. The Balaban J connectivity index is 1.60. The Hall–Kier alpha value is -2.49. The van der Waals surface area contributed by atoms with Gasteiger partial charge in [-0.1, -0.05) is 17.4 Å². The third kappa shape index (κ3) is 4.63. The van der Waals surface area contributed by atoms with Crippen LogP contribution >= 0.6 is 11.3 Å². The second kappa shape index (κ2) is 9.11. The van der Waals surface area contributed by atoms with Gasteiger partial charge in [-0.05, 0) is 30.7 Å². The Morgan fingerprint density at radius 3 is 2.70 bits per heavy atom. The average Bonchev–Trinajstić information content (AvgIpc) is 3.15. The lowest BCUT2D eigenvalue weighted by atomic mass is 10.2. The first-order chi connectivity index (χ1) is 14.5. The number of anilines is 1. The van der Waals surface area contributed by atoms with Crippen molar-refractivity contribution in [1.82, 2.24) is 9.88 Å². The molecule has 9 heteroatoms. The normalized spacial score (nSPS) is 14.9. The molecule has 3 aromatic rings. The van der Waals surface area contributed by atoms with Gasteiger partial charge in [0.05, 0.1) is 17.9 Å². The van der Waals surface area contributed by atoms with Gasteiger partial charge in [0.2, 0.25) is 0 Å². The molecule has 0 radical (unpaired) electrons. The quantitative estimate of drug-likeness (QED) is 0.585. The summed E-state index contributed by atoms with van der Waals surface area (Å²) in [5.74, 6) is -2.44. The lowest BCUT2D eigenvalue weighted by Gasteiger charge is -2.27. The first-order valence-electron chi connectivity index (χ1n) is 9.64. The summed E-state index contributed by atoms with van der Waals surface area (Å²) >= 11 is 1.03. The molecular formula is C21H20F3N3O2S. The summed E-state index contributed by atoms with van der Waals surface area (Å²) in [4.78, 5) is 21.0. The molecule has 1 aliphatic rings. The highest BCUT2D eigenvalue weighted by Crippen LogP contribution is 2.32. The number of thiazole rings is 1. The minimum atomic E-state index is -0.779. The molecule has 1 fully saturated rings. The molecule has 1 aliphatic heterocycles. The summed E-state index contributed by atoms with van der Waals surface area (Å²) in [5.41, 5.74) is 0.189. The van der Waals surface area contributed by atoms with Gasteiger partial charge in [0.25, 0.3) is 5.91 Å². The maximum absolute atomic E-state index is 14.1. The van der Waals surface area contributed by atoms with E-state index in [1.807, 2.05) is 0 Å². The molecule has 0 unspecified atom stereocenters. The van der Waals surface area contributed by atoms with E-state index >= 15 is 0 Å². The van der Waals surface area contributed by atoms with Crippen LogP contribution in [-0.4, -0.2) is 55.2 Å². The number of rotatable bonds is 6. The monoisotopic (exact) mass is 435 g/mol. The zero-order chi connectivity index (χ0) is 21.1. The SMILES string of the molecule is O=C(c1cccc(F)c1)N(CCCN1CCOCC1)c1nc2c(F)cc(F)cc2s1. The van der Waals surface area contributed by atoms with Gasteiger partial charge in [0, 0.05) is 37.8 Å². The number of carbonyl (C=O) groups is 1. The van der Waals surface area contributed by atoms with Gasteiger partial charge in [-0.3, -0.25) is 14.6 Å².